The zero-order valence-electron chi connectivity index (χ0n) is 19.7. The predicted molar refractivity (Wildman–Crippen MR) is 118 cm³/mol. The normalized spacial score (nSPS) is 12.9. The summed E-state index contributed by atoms with van der Waals surface area (Å²) in [5.41, 5.74) is 2.37. The molecule has 3 heteroatoms. The molecular formula is C25H42O3. The molecule has 0 fully saturated rings. The third-order valence-electron chi connectivity index (χ3n) is 6.06. The highest BCUT2D eigenvalue weighted by Crippen LogP contribution is 2.42. The first-order valence-electron chi connectivity index (χ1n) is 10.9. The van der Waals surface area contributed by atoms with Gasteiger partial charge in [0.15, 0.2) is 0 Å². The minimum Gasteiger partial charge on any atom is -0.507 e. The SMILES string of the molecule is CCCC(C)(C)c1cc(CCC(=O)OC(C)(CC)CC)cc(C(C)(C)C)c1O. The quantitative estimate of drug-likeness (QED) is 0.470. The van der Waals surface area contributed by atoms with E-state index < -0.39 is 0 Å². The van der Waals surface area contributed by atoms with Gasteiger partial charge in [-0.3, -0.25) is 4.79 Å². The molecule has 0 aliphatic carbocycles. The molecule has 0 unspecified atom stereocenters. The Morgan fingerprint density at radius 3 is 1.96 bits per heavy atom. The van der Waals surface area contributed by atoms with Crippen molar-refractivity contribution in [2.24, 2.45) is 0 Å². The van der Waals surface area contributed by atoms with Gasteiger partial charge < -0.3 is 9.84 Å². The van der Waals surface area contributed by atoms with Crippen LogP contribution in [0.5, 0.6) is 5.75 Å². The summed E-state index contributed by atoms with van der Waals surface area (Å²) in [5, 5.41) is 11.0. The summed E-state index contributed by atoms with van der Waals surface area (Å²) >= 11 is 0. The van der Waals surface area contributed by atoms with Crippen LogP contribution in [0.1, 0.15) is 111 Å². The van der Waals surface area contributed by atoms with Gasteiger partial charge in [0, 0.05) is 12.0 Å². The minimum atomic E-state index is -0.378. The summed E-state index contributed by atoms with van der Waals surface area (Å²) in [6.45, 7) is 19.0. The number of esters is 1. The summed E-state index contributed by atoms with van der Waals surface area (Å²) in [7, 11) is 0. The van der Waals surface area contributed by atoms with E-state index in [1.165, 1.54) is 0 Å². The van der Waals surface area contributed by atoms with Gasteiger partial charge in [-0.25, -0.2) is 0 Å². The Kier molecular flexibility index (Phi) is 8.17. The minimum absolute atomic E-state index is 0.113. The molecule has 0 bridgehead atoms. The number of aryl methyl sites for hydroxylation is 1. The lowest BCUT2D eigenvalue weighted by Gasteiger charge is -2.31. The fourth-order valence-electron chi connectivity index (χ4n) is 3.65. The van der Waals surface area contributed by atoms with Crippen LogP contribution in [0.4, 0.5) is 0 Å². The van der Waals surface area contributed by atoms with Crippen molar-refractivity contribution in [1.82, 2.24) is 0 Å². The Bertz CT molecular complexity index is 661. The summed E-state index contributed by atoms with van der Waals surface area (Å²) in [4.78, 5) is 12.4. The lowest BCUT2D eigenvalue weighted by molar-refractivity contribution is -0.158. The second-order valence-corrected chi connectivity index (χ2v) is 10.1. The molecule has 0 saturated heterocycles. The first-order valence-corrected chi connectivity index (χ1v) is 10.9. The molecule has 160 valence electrons. The van der Waals surface area contributed by atoms with E-state index in [9.17, 15) is 9.90 Å². The maximum absolute atomic E-state index is 12.4. The van der Waals surface area contributed by atoms with Crippen molar-refractivity contribution in [3.8, 4) is 5.75 Å². The number of rotatable bonds is 9. The highest BCUT2D eigenvalue weighted by Gasteiger charge is 2.29. The molecule has 0 atom stereocenters. The van der Waals surface area contributed by atoms with Crippen LogP contribution < -0.4 is 0 Å². The topological polar surface area (TPSA) is 46.5 Å². The Balaban J connectivity index is 3.17. The van der Waals surface area contributed by atoms with Crippen molar-refractivity contribution < 1.29 is 14.6 Å². The Morgan fingerprint density at radius 1 is 0.964 bits per heavy atom. The largest absolute Gasteiger partial charge is 0.507 e. The van der Waals surface area contributed by atoms with E-state index in [1.54, 1.807) is 0 Å². The number of hydrogen-bond donors (Lipinski definition) is 1. The molecule has 0 amide bonds. The smallest absolute Gasteiger partial charge is 0.306 e. The number of carbonyl (C=O) groups is 1. The lowest BCUT2D eigenvalue weighted by atomic mass is 9.75. The van der Waals surface area contributed by atoms with Crippen molar-refractivity contribution >= 4 is 5.97 Å². The summed E-state index contributed by atoms with van der Waals surface area (Å²) < 4.78 is 5.73. The zero-order chi connectivity index (χ0) is 21.8. The van der Waals surface area contributed by atoms with Crippen LogP contribution in [0.3, 0.4) is 0 Å². The molecule has 0 saturated carbocycles. The number of phenolic OH excluding ortho intramolecular Hbond substituents is 1. The molecule has 0 spiro atoms. The van der Waals surface area contributed by atoms with Gasteiger partial charge in [-0.05, 0) is 54.6 Å². The summed E-state index contributed by atoms with van der Waals surface area (Å²) in [6, 6.07) is 4.15. The summed E-state index contributed by atoms with van der Waals surface area (Å²) in [5.74, 6) is 0.257. The van der Waals surface area contributed by atoms with Crippen LogP contribution in [0.15, 0.2) is 12.1 Å². The molecule has 0 radical (unpaired) electrons. The molecule has 1 aromatic rings. The van der Waals surface area contributed by atoms with E-state index in [0.717, 1.165) is 42.4 Å². The van der Waals surface area contributed by atoms with Gasteiger partial charge in [-0.2, -0.15) is 0 Å². The molecule has 0 aromatic heterocycles. The average Bonchev–Trinajstić information content (AvgIpc) is 2.59. The third kappa shape index (κ3) is 6.25. The van der Waals surface area contributed by atoms with E-state index in [-0.39, 0.29) is 22.4 Å². The molecule has 28 heavy (non-hydrogen) atoms. The monoisotopic (exact) mass is 390 g/mol. The van der Waals surface area contributed by atoms with Crippen LogP contribution >= 0.6 is 0 Å². The van der Waals surface area contributed by atoms with Crippen LogP contribution in [0, 0.1) is 0 Å². The number of phenols is 1. The predicted octanol–water partition coefficient (Wildman–Crippen LogP) is 6.82. The van der Waals surface area contributed by atoms with Gasteiger partial charge in [0.2, 0.25) is 0 Å². The Morgan fingerprint density at radius 2 is 1.50 bits per heavy atom. The lowest BCUT2D eigenvalue weighted by Crippen LogP contribution is -2.30. The second kappa shape index (κ2) is 9.33. The molecule has 3 nitrogen and oxygen atoms in total. The number of ether oxygens (including phenoxy) is 1. The van der Waals surface area contributed by atoms with Gasteiger partial charge in [0.25, 0.3) is 0 Å². The average molecular weight is 391 g/mol. The first-order chi connectivity index (χ1) is 12.8. The van der Waals surface area contributed by atoms with Crippen molar-refractivity contribution in [1.29, 1.82) is 0 Å². The standard InChI is InChI=1S/C25H42O3/c1-10-15-24(7,8)20-17-18(16-19(22(20)27)23(4,5)6)13-14-21(26)28-25(9,11-2)12-3/h16-17,27H,10-15H2,1-9H3. The van der Waals surface area contributed by atoms with E-state index in [0.29, 0.717) is 18.6 Å². The molecule has 0 heterocycles. The van der Waals surface area contributed by atoms with Gasteiger partial charge >= 0.3 is 5.97 Å². The van der Waals surface area contributed by atoms with Gasteiger partial charge in [0.05, 0.1) is 0 Å². The number of aromatic hydroxyl groups is 1. The maximum atomic E-state index is 12.4. The van der Waals surface area contributed by atoms with Crippen molar-refractivity contribution in [3.05, 3.63) is 28.8 Å². The van der Waals surface area contributed by atoms with Crippen LogP contribution in [0.2, 0.25) is 0 Å². The third-order valence-corrected chi connectivity index (χ3v) is 6.06. The van der Waals surface area contributed by atoms with Crippen LogP contribution in [0.25, 0.3) is 0 Å². The molecule has 0 aliphatic rings. The van der Waals surface area contributed by atoms with E-state index in [4.69, 9.17) is 4.74 Å². The Hall–Kier alpha value is -1.51. The van der Waals surface area contributed by atoms with Crippen molar-refractivity contribution in [2.75, 3.05) is 0 Å². The summed E-state index contributed by atoms with van der Waals surface area (Å²) in [6.07, 6.45) is 4.68. The van der Waals surface area contributed by atoms with E-state index >= 15 is 0 Å². The Labute approximate surface area is 172 Å². The highest BCUT2D eigenvalue weighted by atomic mass is 16.6. The molecule has 1 N–H and O–H groups in total. The van der Waals surface area contributed by atoms with Gasteiger partial charge in [0.1, 0.15) is 11.4 Å². The van der Waals surface area contributed by atoms with E-state index in [2.05, 4.69) is 67.5 Å². The second-order valence-electron chi connectivity index (χ2n) is 10.1. The van der Waals surface area contributed by atoms with Gasteiger partial charge in [-0.1, -0.05) is 73.9 Å². The number of carbonyl (C=O) groups excluding carboxylic acids is 1. The van der Waals surface area contributed by atoms with Crippen LogP contribution in [-0.4, -0.2) is 16.7 Å². The molecular weight excluding hydrogens is 348 g/mol. The van der Waals surface area contributed by atoms with Crippen molar-refractivity contribution in [2.45, 2.75) is 117 Å². The van der Waals surface area contributed by atoms with Crippen LogP contribution in [-0.2, 0) is 26.8 Å². The molecule has 1 aromatic carbocycles. The van der Waals surface area contributed by atoms with E-state index in [1.807, 2.05) is 6.92 Å². The fraction of sp³-hybridized carbons (Fsp3) is 0.720. The fourth-order valence-corrected chi connectivity index (χ4v) is 3.65. The highest BCUT2D eigenvalue weighted by molar-refractivity contribution is 5.70. The molecule has 1 rings (SSSR count). The van der Waals surface area contributed by atoms with Gasteiger partial charge in [-0.15, -0.1) is 0 Å². The van der Waals surface area contributed by atoms with Crippen molar-refractivity contribution in [3.63, 3.8) is 0 Å². The maximum Gasteiger partial charge on any atom is 0.306 e. The first kappa shape index (κ1) is 24.5. The molecule has 0 aliphatic heterocycles. The zero-order valence-corrected chi connectivity index (χ0v) is 19.7. The number of benzene rings is 1. The number of hydrogen-bond acceptors (Lipinski definition) is 3.